The number of anilines is 1. The fraction of sp³-hybridized carbons (Fsp3) is 0.583. The Balaban J connectivity index is 1.75. The van der Waals surface area contributed by atoms with Crippen molar-refractivity contribution in [1.29, 1.82) is 0 Å². The zero-order valence-electron chi connectivity index (χ0n) is 28.0. The zero-order valence-corrected chi connectivity index (χ0v) is 28.0. The van der Waals surface area contributed by atoms with Crippen molar-refractivity contribution in [3.8, 4) is 0 Å². The molecule has 0 radical (unpaired) electrons. The summed E-state index contributed by atoms with van der Waals surface area (Å²) in [5.74, 6) is -4.58. The van der Waals surface area contributed by atoms with Crippen LogP contribution in [0.2, 0.25) is 0 Å². The molecule has 1 aliphatic carbocycles. The third kappa shape index (κ3) is 8.46. The molecule has 254 valence electrons. The number of aliphatic hydroxyl groups is 3. The Morgan fingerprint density at radius 3 is 1.96 bits per heavy atom. The standard InChI is InChI=1S/C36H52N2O8/c1-7-8-9-10-12-23-16-20-26(21-17-23)38-31(42)35(5)28(36(6,32(43)44)29(35)30(40)41)27(39)25-18-14-24(15-19-25)13-11-22-37-33(45)46-34(2,3)4/h14-21,27-29,32,39,43-44H,7-13,22H2,1-6H3,(H,37,45)(H,38,42)(H,40,41). The highest BCUT2D eigenvalue weighted by Crippen LogP contribution is 2.68. The molecule has 0 spiro atoms. The molecule has 2 aromatic rings. The van der Waals surface area contributed by atoms with Gasteiger partial charge < -0.3 is 35.8 Å². The van der Waals surface area contributed by atoms with Crippen molar-refractivity contribution in [3.63, 3.8) is 0 Å². The maximum absolute atomic E-state index is 13.9. The molecule has 6 N–H and O–H groups in total. The van der Waals surface area contributed by atoms with E-state index in [0.29, 0.717) is 30.6 Å². The fourth-order valence-electron chi connectivity index (χ4n) is 6.98. The summed E-state index contributed by atoms with van der Waals surface area (Å²) in [6.45, 7) is 10.8. The van der Waals surface area contributed by atoms with Gasteiger partial charge in [-0.1, -0.05) is 69.5 Å². The molecule has 46 heavy (non-hydrogen) atoms. The molecule has 0 aromatic heterocycles. The second kappa shape index (κ2) is 15.4. The number of carboxylic acids is 1. The summed E-state index contributed by atoms with van der Waals surface area (Å²) in [6.07, 6.45) is 2.83. The third-order valence-corrected chi connectivity index (χ3v) is 9.31. The lowest BCUT2D eigenvalue weighted by Gasteiger charge is -2.65. The number of hydrogen-bond acceptors (Lipinski definition) is 7. The largest absolute Gasteiger partial charge is 0.481 e. The second-order valence-electron chi connectivity index (χ2n) is 14.0. The molecule has 5 atom stereocenters. The average Bonchev–Trinajstić information content (AvgIpc) is 2.97. The number of alkyl carbamates (subject to hydrolysis) is 1. The highest BCUT2D eigenvalue weighted by Gasteiger charge is 2.76. The van der Waals surface area contributed by atoms with E-state index in [1.54, 1.807) is 45.0 Å². The first-order valence-corrected chi connectivity index (χ1v) is 16.3. The molecule has 1 fully saturated rings. The number of carbonyl (C=O) groups excluding carboxylic acids is 2. The van der Waals surface area contributed by atoms with E-state index in [4.69, 9.17) is 4.74 Å². The Morgan fingerprint density at radius 2 is 1.43 bits per heavy atom. The van der Waals surface area contributed by atoms with Crippen LogP contribution in [0, 0.1) is 22.7 Å². The first kappa shape index (κ1) is 37.0. The summed E-state index contributed by atoms with van der Waals surface area (Å²) in [5, 5.41) is 48.3. The van der Waals surface area contributed by atoms with Crippen molar-refractivity contribution in [2.45, 2.75) is 104 Å². The number of nitrogens with one attached hydrogen (secondary N) is 2. The number of benzene rings is 2. The van der Waals surface area contributed by atoms with Crippen molar-refractivity contribution < 1.29 is 39.5 Å². The van der Waals surface area contributed by atoms with Gasteiger partial charge in [-0.05, 0) is 82.2 Å². The summed E-state index contributed by atoms with van der Waals surface area (Å²) < 4.78 is 5.24. The number of hydrogen-bond donors (Lipinski definition) is 6. The van der Waals surface area contributed by atoms with E-state index in [2.05, 4.69) is 17.6 Å². The van der Waals surface area contributed by atoms with Gasteiger partial charge in [0.25, 0.3) is 0 Å². The minimum atomic E-state index is -2.10. The van der Waals surface area contributed by atoms with Crippen molar-refractivity contribution >= 4 is 23.7 Å². The van der Waals surface area contributed by atoms with E-state index in [1.807, 2.05) is 24.3 Å². The van der Waals surface area contributed by atoms with Crippen LogP contribution < -0.4 is 10.6 Å². The maximum Gasteiger partial charge on any atom is 0.407 e. The summed E-state index contributed by atoms with van der Waals surface area (Å²) >= 11 is 0. The number of aryl methyl sites for hydroxylation is 2. The van der Waals surface area contributed by atoms with Crippen LogP contribution in [0.4, 0.5) is 10.5 Å². The van der Waals surface area contributed by atoms with Gasteiger partial charge in [0.05, 0.1) is 17.4 Å². The molecule has 0 heterocycles. The SMILES string of the molecule is CCCCCCc1ccc(NC(=O)C2(C)C(C(=O)O)C(C)(C(O)O)C2C(O)c2ccc(CCCNC(=O)OC(C)(C)C)cc2)cc1. The fourth-order valence-corrected chi connectivity index (χ4v) is 6.98. The molecule has 1 saturated carbocycles. The highest BCUT2D eigenvalue weighted by atomic mass is 16.6. The van der Waals surface area contributed by atoms with Crippen LogP contribution in [-0.4, -0.2) is 56.8 Å². The van der Waals surface area contributed by atoms with E-state index in [-0.39, 0.29) is 0 Å². The molecule has 10 nitrogen and oxygen atoms in total. The lowest BCUT2D eigenvalue weighted by Crippen LogP contribution is -2.73. The third-order valence-electron chi connectivity index (χ3n) is 9.31. The average molecular weight is 641 g/mol. The maximum atomic E-state index is 13.9. The van der Waals surface area contributed by atoms with Crippen molar-refractivity contribution in [2.24, 2.45) is 22.7 Å². The normalized spacial score (nSPS) is 23.3. The molecule has 0 bridgehead atoms. The first-order valence-electron chi connectivity index (χ1n) is 16.3. The predicted octanol–water partition coefficient (Wildman–Crippen LogP) is 5.59. The number of carbonyl (C=O) groups is 3. The van der Waals surface area contributed by atoms with Gasteiger partial charge in [0.15, 0.2) is 6.29 Å². The monoisotopic (exact) mass is 640 g/mol. The van der Waals surface area contributed by atoms with Gasteiger partial charge in [-0.25, -0.2) is 4.79 Å². The van der Waals surface area contributed by atoms with Gasteiger partial charge in [-0.2, -0.15) is 0 Å². The van der Waals surface area contributed by atoms with E-state index in [0.717, 1.165) is 36.8 Å². The quantitative estimate of drug-likeness (QED) is 0.108. The molecule has 3 rings (SSSR count). The summed E-state index contributed by atoms with van der Waals surface area (Å²) in [6, 6.07) is 14.4. The molecular weight excluding hydrogens is 588 g/mol. The van der Waals surface area contributed by atoms with E-state index >= 15 is 0 Å². The Labute approximate surface area is 272 Å². The molecule has 1 aliphatic rings. The number of ether oxygens (including phenoxy) is 1. The number of carboxylic acid groups (broad SMARTS) is 1. The number of aliphatic hydroxyl groups excluding tert-OH is 2. The first-order chi connectivity index (χ1) is 21.5. The van der Waals surface area contributed by atoms with Crippen LogP contribution in [0.5, 0.6) is 0 Å². The van der Waals surface area contributed by atoms with Crippen molar-refractivity contribution in [1.82, 2.24) is 5.32 Å². The topological polar surface area (TPSA) is 165 Å². The number of aliphatic carboxylic acids is 1. The Morgan fingerprint density at radius 1 is 0.870 bits per heavy atom. The lowest BCUT2D eigenvalue weighted by atomic mass is 9.37. The zero-order chi connectivity index (χ0) is 34.3. The molecule has 5 unspecified atom stereocenters. The molecule has 0 saturated heterocycles. The smallest absolute Gasteiger partial charge is 0.407 e. The minimum Gasteiger partial charge on any atom is -0.481 e. The van der Waals surface area contributed by atoms with Gasteiger partial charge in [-0.15, -0.1) is 0 Å². The number of rotatable bonds is 15. The van der Waals surface area contributed by atoms with Crippen LogP contribution >= 0.6 is 0 Å². The van der Waals surface area contributed by atoms with Gasteiger partial charge >= 0.3 is 12.1 Å². The van der Waals surface area contributed by atoms with Gasteiger partial charge in [-0.3, -0.25) is 9.59 Å². The predicted molar refractivity (Wildman–Crippen MR) is 176 cm³/mol. The van der Waals surface area contributed by atoms with Crippen LogP contribution in [0.15, 0.2) is 48.5 Å². The van der Waals surface area contributed by atoms with Crippen LogP contribution in [0.3, 0.4) is 0 Å². The summed E-state index contributed by atoms with van der Waals surface area (Å²) in [7, 11) is 0. The number of amides is 2. The van der Waals surface area contributed by atoms with Crippen molar-refractivity contribution in [3.05, 3.63) is 65.2 Å². The lowest BCUT2D eigenvalue weighted by molar-refractivity contribution is -0.295. The molecular formula is C36H52N2O8. The van der Waals surface area contributed by atoms with E-state index in [9.17, 15) is 34.8 Å². The number of unbranched alkanes of at least 4 members (excludes halogenated alkanes) is 3. The molecule has 2 aromatic carbocycles. The van der Waals surface area contributed by atoms with E-state index in [1.165, 1.54) is 20.3 Å². The minimum absolute atomic E-state index is 0.417. The van der Waals surface area contributed by atoms with Crippen LogP contribution in [0.1, 0.15) is 96.4 Å². The Hall–Kier alpha value is -3.47. The molecule has 2 amide bonds. The van der Waals surface area contributed by atoms with Crippen LogP contribution in [0.25, 0.3) is 0 Å². The molecule has 0 aliphatic heterocycles. The Kier molecular flexibility index (Phi) is 12.4. The van der Waals surface area contributed by atoms with Gasteiger partial charge in [0.1, 0.15) is 5.60 Å². The van der Waals surface area contributed by atoms with Crippen LogP contribution in [-0.2, 0) is 27.2 Å². The second-order valence-corrected chi connectivity index (χ2v) is 14.0. The van der Waals surface area contributed by atoms with Gasteiger partial charge in [0.2, 0.25) is 5.91 Å². The Bertz CT molecular complexity index is 1320. The highest BCUT2D eigenvalue weighted by molar-refractivity contribution is 6.00. The van der Waals surface area contributed by atoms with E-state index < -0.39 is 58.6 Å². The molecule has 10 heteroatoms. The van der Waals surface area contributed by atoms with Crippen molar-refractivity contribution in [2.75, 3.05) is 11.9 Å². The van der Waals surface area contributed by atoms with Gasteiger partial charge in [0, 0.05) is 23.6 Å². The summed E-state index contributed by atoms with van der Waals surface area (Å²) in [4.78, 5) is 38.2. The summed E-state index contributed by atoms with van der Waals surface area (Å²) in [5.41, 5.74) is -0.978.